The summed E-state index contributed by atoms with van der Waals surface area (Å²) in [7, 11) is -4.82. The molecule has 6 aromatic rings. The topological polar surface area (TPSA) is 0 Å². The SMILES string of the molecule is CCP1C(c2ccc(F)cc2)=C(c2ccc(F)cc2)[C@@]2(c3ccc(F)cc3)P3C(c4ccc(F)cc4)=C(c4ccc(F)cc4)[C@](c4ccc(F)cc4)(P3CC)P12. The highest BCUT2D eigenvalue weighted by atomic mass is 32.1. The van der Waals surface area contributed by atoms with Crippen molar-refractivity contribution in [3.63, 3.8) is 0 Å². The van der Waals surface area contributed by atoms with E-state index in [0.717, 1.165) is 67.5 Å². The summed E-state index contributed by atoms with van der Waals surface area (Å²) in [6.07, 6.45) is 1.54. The summed E-state index contributed by atoms with van der Waals surface area (Å²) in [5.74, 6) is -2.24. The molecule has 0 spiro atoms. The standard InChI is InChI=1S/C46H34F6P4/c1-3-53-43(31-9-21-37(49)22-10-31)41(29-5-17-35(47)18-6-29)46(34-15-27-40(52)28-16-34)55-44(32-11-23-38(50)24-12-32)42(30-7-19-36(48)20-8-30)45(56(46)53,54(55)4-2)33-13-25-39(51)26-14-33/h5-28H,3-4H2,1-2H3/t45-,46+,53?,54?,55?,56?/m1/s1. The van der Waals surface area contributed by atoms with Crippen LogP contribution in [0.2, 0.25) is 0 Å². The van der Waals surface area contributed by atoms with E-state index in [2.05, 4.69) is 13.8 Å². The zero-order chi connectivity index (χ0) is 38.9. The second-order valence-corrected chi connectivity index (χ2v) is 27.6. The van der Waals surface area contributed by atoms with Crippen LogP contribution in [0.5, 0.6) is 0 Å². The van der Waals surface area contributed by atoms with Crippen LogP contribution in [0.3, 0.4) is 0 Å². The Morgan fingerprint density at radius 3 is 1.07 bits per heavy atom. The van der Waals surface area contributed by atoms with Crippen molar-refractivity contribution in [2.24, 2.45) is 0 Å². The molecule has 56 heavy (non-hydrogen) atoms. The van der Waals surface area contributed by atoms with Gasteiger partial charge in [-0.2, -0.15) is 0 Å². The van der Waals surface area contributed by atoms with E-state index in [-0.39, 0.29) is 34.9 Å². The first kappa shape index (κ1) is 37.7. The smallest absolute Gasteiger partial charge is 0.123 e. The van der Waals surface area contributed by atoms with Crippen LogP contribution in [0.25, 0.3) is 21.8 Å². The van der Waals surface area contributed by atoms with Crippen LogP contribution < -0.4 is 0 Å². The first-order valence-electron chi connectivity index (χ1n) is 18.4. The van der Waals surface area contributed by atoms with Crippen LogP contribution in [0.15, 0.2) is 146 Å². The van der Waals surface area contributed by atoms with Crippen molar-refractivity contribution in [2.75, 3.05) is 12.3 Å². The van der Waals surface area contributed by atoms with E-state index in [1.54, 1.807) is 0 Å². The van der Waals surface area contributed by atoms with Crippen LogP contribution in [-0.4, -0.2) is 12.3 Å². The van der Waals surface area contributed by atoms with Crippen molar-refractivity contribution in [1.82, 2.24) is 0 Å². The molecule has 10 heteroatoms. The Morgan fingerprint density at radius 2 is 0.696 bits per heavy atom. The van der Waals surface area contributed by atoms with Crippen molar-refractivity contribution in [3.05, 3.63) is 214 Å². The molecule has 6 aromatic carbocycles. The third-order valence-electron chi connectivity index (χ3n) is 11.0. The molecule has 3 aliphatic rings. The van der Waals surface area contributed by atoms with Crippen molar-refractivity contribution in [1.29, 1.82) is 0 Å². The van der Waals surface area contributed by atoms with Gasteiger partial charge in [0.1, 0.15) is 34.9 Å². The average molecular weight is 825 g/mol. The summed E-state index contributed by atoms with van der Waals surface area (Å²) in [6, 6.07) is 40.0. The summed E-state index contributed by atoms with van der Waals surface area (Å²) in [5, 5.41) is 2.14. The molecule has 0 radical (unpaired) electrons. The fourth-order valence-corrected chi connectivity index (χ4v) is 41.4. The average Bonchev–Trinajstić information content (AvgIpc) is 3.78. The molecular weight excluding hydrogens is 790 g/mol. The molecule has 1 fully saturated rings. The number of benzene rings is 6. The van der Waals surface area contributed by atoms with Crippen LogP contribution >= 0.6 is 30.4 Å². The van der Waals surface area contributed by atoms with Crippen molar-refractivity contribution in [3.8, 4) is 0 Å². The van der Waals surface area contributed by atoms with E-state index < -0.39 is 40.2 Å². The fourth-order valence-electron chi connectivity index (χ4n) is 9.02. The molecule has 4 unspecified atom stereocenters. The number of fused-ring (bicyclic) bond motifs is 5. The van der Waals surface area contributed by atoms with Crippen LogP contribution in [0, 0.1) is 34.9 Å². The van der Waals surface area contributed by atoms with E-state index in [9.17, 15) is 17.6 Å². The molecule has 3 aliphatic heterocycles. The minimum absolute atomic E-state index is 0.365. The van der Waals surface area contributed by atoms with Gasteiger partial charge in [0.25, 0.3) is 0 Å². The maximum atomic E-state index is 15.1. The Hall–Kier alpha value is -3.90. The summed E-state index contributed by atoms with van der Waals surface area (Å²) >= 11 is 0. The van der Waals surface area contributed by atoms with E-state index in [1.165, 1.54) is 72.8 Å². The Kier molecular flexibility index (Phi) is 9.74. The monoisotopic (exact) mass is 824 g/mol. The highest BCUT2D eigenvalue weighted by Gasteiger charge is 2.79. The lowest BCUT2D eigenvalue weighted by Gasteiger charge is -2.50. The van der Waals surface area contributed by atoms with Gasteiger partial charge in [0.05, 0.1) is 9.79 Å². The van der Waals surface area contributed by atoms with Gasteiger partial charge < -0.3 is 0 Å². The maximum Gasteiger partial charge on any atom is 0.123 e. The minimum atomic E-state index is -1.34. The molecule has 0 nitrogen and oxygen atoms in total. The van der Waals surface area contributed by atoms with Crippen LogP contribution in [0.1, 0.15) is 47.2 Å². The number of hydrogen-bond acceptors (Lipinski definition) is 0. The maximum absolute atomic E-state index is 15.1. The molecule has 0 N–H and O–H groups in total. The van der Waals surface area contributed by atoms with Gasteiger partial charge in [-0.25, -0.2) is 26.3 Å². The Bertz CT molecular complexity index is 2500. The van der Waals surface area contributed by atoms with Gasteiger partial charge in [-0.05, 0) is 163 Å². The number of hydrogen-bond donors (Lipinski definition) is 0. The van der Waals surface area contributed by atoms with Crippen molar-refractivity contribution < 1.29 is 26.3 Å². The van der Waals surface area contributed by atoms with E-state index >= 15 is 8.78 Å². The minimum Gasteiger partial charge on any atom is -0.207 e. The largest absolute Gasteiger partial charge is 0.207 e. The number of halogens is 6. The van der Waals surface area contributed by atoms with E-state index in [4.69, 9.17) is 0 Å². The van der Waals surface area contributed by atoms with Gasteiger partial charge in [0.15, 0.2) is 0 Å². The normalized spacial score (nSPS) is 25.3. The molecule has 2 bridgehead atoms. The lowest BCUT2D eigenvalue weighted by Crippen LogP contribution is -2.28. The van der Waals surface area contributed by atoms with Gasteiger partial charge >= 0.3 is 0 Å². The molecule has 280 valence electrons. The summed E-state index contributed by atoms with van der Waals surface area (Å²) in [6.45, 7) is 4.40. The van der Waals surface area contributed by atoms with Crippen LogP contribution in [0.4, 0.5) is 26.3 Å². The predicted molar refractivity (Wildman–Crippen MR) is 224 cm³/mol. The lowest BCUT2D eigenvalue weighted by molar-refractivity contribution is 0.626. The summed E-state index contributed by atoms with van der Waals surface area (Å²) in [4.78, 5) is -1.46. The first-order valence-corrected chi connectivity index (χ1v) is 25.5. The first-order chi connectivity index (χ1) is 27.1. The molecule has 1 saturated heterocycles. The second kappa shape index (κ2) is 14.5. The highest BCUT2D eigenvalue weighted by molar-refractivity contribution is 8.53. The Morgan fingerprint density at radius 1 is 0.375 bits per heavy atom. The quantitative estimate of drug-likeness (QED) is 0.106. The summed E-state index contributed by atoms with van der Waals surface area (Å²) < 4.78 is 89.5. The molecule has 6 atom stereocenters. The van der Waals surface area contributed by atoms with Gasteiger partial charge in [0.2, 0.25) is 0 Å². The molecule has 0 amide bonds. The number of allylic oxidation sites excluding steroid dienone is 2. The molecule has 9 rings (SSSR count). The van der Waals surface area contributed by atoms with Crippen molar-refractivity contribution >= 4 is 52.2 Å². The molecule has 0 aliphatic carbocycles. The third-order valence-corrected chi connectivity index (χ3v) is 33.4. The molecule has 3 heterocycles. The van der Waals surface area contributed by atoms with Gasteiger partial charge in [-0.15, -0.1) is 0 Å². The van der Waals surface area contributed by atoms with Crippen molar-refractivity contribution in [2.45, 2.75) is 23.6 Å². The van der Waals surface area contributed by atoms with Gasteiger partial charge in [0, 0.05) is 0 Å². The molecule has 0 aromatic heterocycles. The zero-order valence-corrected chi connectivity index (χ0v) is 33.9. The summed E-state index contributed by atoms with van der Waals surface area (Å²) in [5.41, 5.74) is 7.38. The van der Waals surface area contributed by atoms with Gasteiger partial charge in [-0.1, -0.05) is 94.3 Å². The predicted octanol–water partition coefficient (Wildman–Crippen LogP) is 15.5. The third kappa shape index (κ3) is 5.51. The van der Waals surface area contributed by atoms with Gasteiger partial charge in [-0.3, -0.25) is 0 Å². The number of rotatable bonds is 8. The fraction of sp³-hybridized carbons (Fsp3) is 0.130. The Balaban J connectivity index is 1.53. The van der Waals surface area contributed by atoms with E-state index in [1.807, 2.05) is 72.8 Å². The zero-order valence-electron chi connectivity index (χ0n) is 30.3. The Labute approximate surface area is 327 Å². The van der Waals surface area contributed by atoms with Crippen LogP contribution in [-0.2, 0) is 9.79 Å². The highest BCUT2D eigenvalue weighted by Crippen LogP contribution is 3.20. The second-order valence-electron chi connectivity index (χ2n) is 13.9. The molecular formula is C46H34F6P4. The van der Waals surface area contributed by atoms with E-state index in [0.29, 0.717) is 0 Å². The lowest BCUT2D eigenvalue weighted by atomic mass is 9.93. The molecule has 0 saturated carbocycles.